The van der Waals surface area contributed by atoms with Gasteiger partial charge in [-0.25, -0.2) is 9.38 Å². The Bertz CT molecular complexity index is 701. The van der Waals surface area contributed by atoms with E-state index in [9.17, 15) is 9.18 Å². The second kappa shape index (κ2) is 11.8. The van der Waals surface area contributed by atoms with Gasteiger partial charge in [-0.1, -0.05) is 11.6 Å². The molecule has 0 aliphatic carbocycles. The molecule has 7 nitrogen and oxygen atoms in total. The van der Waals surface area contributed by atoms with Crippen LogP contribution in [0.3, 0.4) is 0 Å². The van der Waals surface area contributed by atoms with Gasteiger partial charge in [-0.05, 0) is 38.0 Å². The summed E-state index contributed by atoms with van der Waals surface area (Å²) in [5.41, 5.74) is 0.808. The highest BCUT2D eigenvalue weighted by atomic mass is 35.5. The average molecular weight is 428 g/mol. The van der Waals surface area contributed by atoms with Crippen LogP contribution in [-0.4, -0.2) is 76.3 Å². The number of hydrogen-bond donors (Lipinski definition) is 2. The molecule has 1 aromatic rings. The van der Waals surface area contributed by atoms with Crippen molar-refractivity contribution in [1.29, 1.82) is 0 Å². The normalized spacial score (nSPS) is 16.8. The number of anilines is 1. The summed E-state index contributed by atoms with van der Waals surface area (Å²) in [5.74, 6) is 0.122. The third-order valence-electron chi connectivity index (χ3n) is 4.63. The number of carbonyl (C=O) groups excluding carboxylic acids is 1. The van der Waals surface area contributed by atoms with Crippen LogP contribution in [0, 0.1) is 5.82 Å². The molecule has 0 saturated carbocycles. The molecule has 1 amide bonds. The lowest BCUT2D eigenvalue weighted by Crippen LogP contribution is -2.45. The van der Waals surface area contributed by atoms with Crippen LogP contribution in [0.2, 0.25) is 5.02 Å². The molecule has 1 aromatic carbocycles. The molecule has 1 aliphatic heterocycles. The van der Waals surface area contributed by atoms with Gasteiger partial charge in [-0.2, -0.15) is 0 Å². The Balaban J connectivity index is 1.93. The molecule has 1 aliphatic rings. The Morgan fingerprint density at radius 1 is 1.45 bits per heavy atom. The molecule has 29 heavy (non-hydrogen) atoms. The lowest BCUT2D eigenvalue weighted by molar-refractivity contribution is -0.127. The molecule has 0 spiro atoms. The summed E-state index contributed by atoms with van der Waals surface area (Å²) >= 11 is 5.78. The Labute approximate surface area is 177 Å². The fraction of sp³-hybridized carbons (Fsp3) is 0.600. The summed E-state index contributed by atoms with van der Waals surface area (Å²) in [6, 6.07) is 5.00. The zero-order valence-electron chi connectivity index (χ0n) is 17.4. The molecule has 1 atom stereocenters. The van der Waals surface area contributed by atoms with Crippen LogP contribution in [0.1, 0.15) is 19.8 Å². The monoisotopic (exact) mass is 427 g/mol. The molecular weight excluding hydrogens is 397 g/mol. The lowest BCUT2D eigenvalue weighted by Gasteiger charge is -2.21. The summed E-state index contributed by atoms with van der Waals surface area (Å²) in [6.45, 7) is 5.61. The van der Waals surface area contributed by atoms with Gasteiger partial charge in [0, 0.05) is 58.7 Å². The molecule has 2 rings (SSSR count). The summed E-state index contributed by atoms with van der Waals surface area (Å²) in [4.78, 5) is 19.9. The van der Waals surface area contributed by atoms with E-state index in [2.05, 4.69) is 20.5 Å². The second-order valence-electron chi connectivity index (χ2n) is 7.10. The van der Waals surface area contributed by atoms with Gasteiger partial charge >= 0.3 is 0 Å². The Morgan fingerprint density at radius 2 is 2.24 bits per heavy atom. The summed E-state index contributed by atoms with van der Waals surface area (Å²) in [5, 5.41) is 6.78. The molecular formula is C20H31ClFN5O2. The lowest BCUT2D eigenvalue weighted by atomic mass is 10.2. The van der Waals surface area contributed by atoms with Crippen LogP contribution >= 0.6 is 11.6 Å². The minimum absolute atomic E-state index is 0.0647. The number of halogens is 2. The number of guanidine groups is 1. The molecule has 1 fully saturated rings. The van der Waals surface area contributed by atoms with E-state index in [1.165, 1.54) is 11.0 Å². The first-order chi connectivity index (χ1) is 13.9. The van der Waals surface area contributed by atoms with Gasteiger partial charge in [0.15, 0.2) is 5.96 Å². The largest absolute Gasteiger partial charge is 0.382 e. The summed E-state index contributed by atoms with van der Waals surface area (Å²) in [7, 11) is 3.42. The SMILES string of the molecule is CCOCCCNC(=NCC(=O)N(C)C)NC1CCN(c2ccc(Cl)c(F)c2)C1. The summed E-state index contributed by atoms with van der Waals surface area (Å²) < 4.78 is 19.1. The predicted octanol–water partition coefficient (Wildman–Crippen LogP) is 2.11. The number of carbonyl (C=O) groups is 1. The van der Waals surface area contributed by atoms with Crippen LogP contribution in [0.25, 0.3) is 0 Å². The molecule has 1 heterocycles. The smallest absolute Gasteiger partial charge is 0.243 e. The van der Waals surface area contributed by atoms with Crippen molar-refractivity contribution in [2.24, 2.45) is 4.99 Å². The number of nitrogens with zero attached hydrogens (tertiary/aromatic N) is 3. The Morgan fingerprint density at radius 3 is 2.93 bits per heavy atom. The number of rotatable bonds is 9. The Kier molecular flexibility index (Phi) is 9.47. The van der Waals surface area contributed by atoms with E-state index in [0.29, 0.717) is 32.3 Å². The van der Waals surface area contributed by atoms with Gasteiger partial charge in [0.25, 0.3) is 0 Å². The number of hydrogen-bond acceptors (Lipinski definition) is 4. The van der Waals surface area contributed by atoms with E-state index in [0.717, 1.165) is 25.1 Å². The molecule has 0 aromatic heterocycles. The number of likely N-dealkylation sites (N-methyl/N-ethyl adjacent to an activating group) is 1. The number of amides is 1. The number of nitrogens with one attached hydrogen (secondary N) is 2. The van der Waals surface area contributed by atoms with Crippen molar-refractivity contribution < 1.29 is 13.9 Å². The fourth-order valence-electron chi connectivity index (χ4n) is 2.95. The highest BCUT2D eigenvalue weighted by molar-refractivity contribution is 6.30. The first-order valence-corrected chi connectivity index (χ1v) is 10.3. The van der Waals surface area contributed by atoms with Gasteiger partial charge in [0.05, 0.1) is 5.02 Å². The Hall–Kier alpha value is -2.06. The van der Waals surface area contributed by atoms with Crippen molar-refractivity contribution in [1.82, 2.24) is 15.5 Å². The van der Waals surface area contributed by atoms with E-state index >= 15 is 0 Å². The minimum atomic E-state index is -0.416. The molecule has 2 N–H and O–H groups in total. The maximum atomic E-state index is 13.8. The van der Waals surface area contributed by atoms with E-state index in [1.807, 2.05) is 13.0 Å². The maximum Gasteiger partial charge on any atom is 0.243 e. The van der Waals surface area contributed by atoms with Gasteiger partial charge in [0.1, 0.15) is 12.4 Å². The van der Waals surface area contributed by atoms with Crippen molar-refractivity contribution in [3.63, 3.8) is 0 Å². The third kappa shape index (κ3) is 7.70. The molecule has 0 bridgehead atoms. The highest BCUT2D eigenvalue weighted by Gasteiger charge is 2.24. The van der Waals surface area contributed by atoms with Crippen molar-refractivity contribution in [3.8, 4) is 0 Å². The van der Waals surface area contributed by atoms with Crippen LogP contribution in [0.5, 0.6) is 0 Å². The highest BCUT2D eigenvalue weighted by Crippen LogP contribution is 2.25. The average Bonchev–Trinajstić information content (AvgIpc) is 3.16. The van der Waals surface area contributed by atoms with Gasteiger partial charge < -0.3 is 25.2 Å². The predicted molar refractivity (Wildman–Crippen MR) is 115 cm³/mol. The van der Waals surface area contributed by atoms with E-state index in [-0.39, 0.29) is 23.5 Å². The van der Waals surface area contributed by atoms with Crippen molar-refractivity contribution >= 4 is 29.2 Å². The molecule has 0 radical (unpaired) electrons. The van der Waals surface area contributed by atoms with Crippen LogP contribution < -0.4 is 15.5 Å². The van der Waals surface area contributed by atoms with Crippen molar-refractivity contribution in [2.45, 2.75) is 25.8 Å². The van der Waals surface area contributed by atoms with E-state index in [4.69, 9.17) is 16.3 Å². The maximum absolute atomic E-state index is 13.8. The quantitative estimate of drug-likeness (QED) is 0.359. The number of aliphatic imine (C=N–C) groups is 1. The topological polar surface area (TPSA) is 69.2 Å². The number of ether oxygens (including phenoxy) is 1. The van der Waals surface area contributed by atoms with E-state index < -0.39 is 5.82 Å². The first-order valence-electron chi connectivity index (χ1n) is 9.93. The zero-order chi connectivity index (χ0) is 21.2. The van der Waals surface area contributed by atoms with Crippen LogP contribution in [0.4, 0.5) is 10.1 Å². The standard InChI is InChI=1S/C20H31ClFN5O2/c1-4-29-11-5-9-23-20(24-13-19(28)26(2)3)25-15-8-10-27(14-15)16-6-7-17(21)18(22)12-16/h6-7,12,15H,4-5,8-11,13-14H2,1-3H3,(H2,23,24,25). The first kappa shape index (κ1) is 23.2. The number of benzene rings is 1. The minimum Gasteiger partial charge on any atom is -0.382 e. The van der Waals surface area contributed by atoms with Crippen molar-refractivity contribution in [3.05, 3.63) is 29.0 Å². The van der Waals surface area contributed by atoms with Gasteiger partial charge in [0.2, 0.25) is 5.91 Å². The van der Waals surface area contributed by atoms with E-state index in [1.54, 1.807) is 20.2 Å². The van der Waals surface area contributed by atoms with Gasteiger partial charge in [-0.3, -0.25) is 4.79 Å². The van der Waals surface area contributed by atoms with Crippen molar-refractivity contribution in [2.75, 3.05) is 58.4 Å². The summed E-state index contributed by atoms with van der Waals surface area (Å²) in [6.07, 6.45) is 1.72. The fourth-order valence-corrected chi connectivity index (χ4v) is 3.07. The van der Waals surface area contributed by atoms with Gasteiger partial charge in [-0.15, -0.1) is 0 Å². The second-order valence-corrected chi connectivity index (χ2v) is 7.51. The third-order valence-corrected chi connectivity index (χ3v) is 4.94. The van der Waals surface area contributed by atoms with Crippen LogP contribution in [0.15, 0.2) is 23.2 Å². The molecule has 162 valence electrons. The van der Waals surface area contributed by atoms with Crippen LogP contribution in [-0.2, 0) is 9.53 Å². The molecule has 1 unspecified atom stereocenters. The zero-order valence-corrected chi connectivity index (χ0v) is 18.1. The molecule has 1 saturated heterocycles. The molecule has 9 heteroatoms.